The molecular weight excluding hydrogens is 142 g/mol. The van der Waals surface area contributed by atoms with Gasteiger partial charge >= 0.3 is 0 Å². The second kappa shape index (κ2) is 3.13. The van der Waals surface area contributed by atoms with Crippen molar-refractivity contribution in [2.45, 2.75) is 19.9 Å². The predicted octanol–water partition coefficient (Wildman–Crippen LogP) is 0.00540. The van der Waals surface area contributed by atoms with Crippen LogP contribution in [0.25, 0.3) is 0 Å². The average Bonchev–Trinajstić information content (AvgIpc) is 2.82. The first kappa shape index (κ1) is 8.40. The number of hydrogen-bond acceptors (Lipinski definition) is 3. The lowest BCUT2D eigenvalue weighted by atomic mass is 10.0. The van der Waals surface area contributed by atoms with Crippen LogP contribution in [0.4, 0.5) is 0 Å². The number of Topliss-reactive ketones (excluding diaryl/α,β-unsaturated/α-hetero) is 1. The van der Waals surface area contributed by atoms with E-state index in [1.807, 2.05) is 11.8 Å². The van der Waals surface area contributed by atoms with Crippen LogP contribution in [0.5, 0.6) is 0 Å². The molecule has 1 aliphatic heterocycles. The van der Waals surface area contributed by atoms with Crippen LogP contribution in [-0.2, 0) is 9.59 Å². The largest absolute Gasteiger partial charge is 0.297 e. The molecule has 0 spiro atoms. The molecular formula is C8H12NO2. The van der Waals surface area contributed by atoms with Crippen LogP contribution in [0.2, 0.25) is 0 Å². The minimum Gasteiger partial charge on any atom is -0.297 e. The fourth-order valence-corrected chi connectivity index (χ4v) is 1.04. The fourth-order valence-electron chi connectivity index (χ4n) is 1.04. The standard InChI is InChI=1S/C8H12NO2/c1-6(5-10)8(11)7(2)9-3-4-9/h6-7H,3-4H2,1-2H3. The monoisotopic (exact) mass is 154 g/mol. The highest BCUT2D eigenvalue weighted by Gasteiger charge is 2.31. The van der Waals surface area contributed by atoms with Gasteiger partial charge in [0.05, 0.1) is 12.0 Å². The van der Waals surface area contributed by atoms with E-state index in [4.69, 9.17) is 0 Å². The molecule has 11 heavy (non-hydrogen) atoms. The maximum Gasteiger partial charge on any atom is 0.209 e. The summed E-state index contributed by atoms with van der Waals surface area (Å²) in [7, 11) is 0. The lowest BCUT2D eigenvalue weighted by Crippen LogP contribution is -2.31. The zero-order chi connectivity index (χ0) is 8.43. The van der Waals surface area contributed by atoms with Gasteiger partial charge in [-0.2, -0.15) is 0 Å². The predicted molar refractivity (Wildman–Crippen MR) is 40.9 cm³/mol. The molecule has 0 aromatic carbocycles. The van der Waals surface area contributed by atoms with Gasteiger partial charge in [-0.15, -0.1) is 0 Å². The molecule has 0 N–H and O–H groups in total. The molecule has 1 heterocycles. The molecule has 1 fully saturated rings. The lowest BCUT2D eigenvalue weighted by Gasteiger charge is -2.11. The molecule has 1 aliphatic rings. The molecule has 0 amide bonds. The van der Waals surface area contributed by atoms with E-state index in [1.165, 1.54) is 0 Å². The van der Waals surface area contributed by atoms with Crippen molar-refractivity contribution in [2.24, 2.45) is 5.92 Å². The summed E-state index contributed by atoms with van der Waals surface area (Å²) < 4.78 is 0. The molecule has 2 atom stereocenters. The SMILES string of the molecule is CC([C]=O)C(=O)C(C)N1CC1. The van der Waals surface area contributed by atoms with E-state index < -0.39 is 5.92 Å². The minimum absolute atomic E-state index is 0.0162. The molecule has 3 heteroatoms. The van der Waals surface area contributed by atoms with Crippen LogP contribution in [0.1, 0.15) is 13.8 Å². The Hall–Kier alpha value is -0.700. The Morgan fingerprint density at radius 2 is 2.00 bits per heavy atom. The average molecular weight is 154 g/mol. The Bertz CT molecular complexity index is 175. The molecule has 1 rings (SSSR count). The number of nitrogens with zero attached hydrogens (tertiary/aromatic N) is 1. The summed E-state index contributed by atoms with van der Waals surface area (Å²) in [5.74, 6) is -0.580. The summed E-state index contributed by atoms with van der Waals surface area (Å²) in [6.45, 7) is 5.40. The Morgan fingerprint density at radius 3 is 2.36 bits per heavy atom. The van der Waals surface area contributed by atoms with Crippen LogP contribution in [0, 0.1) is 5.92 Å². The summed E-state index contributed by atoms with van der Waals surface area (Å²) in [5.41, 5.74) is 0. The number of carbonyl (C=O) groups is 1. The van der Waals surface area contributed by atoms with Gasteiger partial charge in [-0.3, -0.25) is 14.5 Å². The Morgan fingerprint density at radius 1 is 1.45 bits per heavy atom. The third-order valence-corrected chi connectivity index (χ3v) is 2.04. The maximum absolute atomic E-state index is 11.3. The molecule has 3 nitrogen and oxygen atoms in total. The van der Waals surface area contributed by atoms with Crippen molar-refractivity contribution in [1.82, 2.24) is 4.90 Å². The summed E-state index contributed by atoms with van der Waals surface area (Å²) in [5, 5.41) is 0. The number of rotatable bonds is 4. The molecule has 0 saturated carbocycles. The van der Waals surface area contributed by atoms with E-state index >= 15 is 0 Å². The van der Waals surface area contributed by atoms with Gasteiger partial charge in [0.15, 0.2) is 5.78 Å². The van der Waals surface area contributed by atoms with Crippen LogP contribution in [0.15, 0.2) is 0 Å². The molecule has 1 radical (unpaired) electrons. The highest BCUT2D eigenvalue weighted by Crippen LogP contribution is 2.13. The molecule has 2 unspecified atom stereocenters. The number of carbonyl (C=O) groups excluding carboxylic acids is 2. The molecule has 0 aromatic heterocycles. The maximum atomic E-state index is 11.3. The Balaban J connectivity index is 2.44. The van der Waals surface area contributed by atoms with Crippen LogP contribution >= 0.6 is 0 Å². The van der Waals surface area contributed by atoms with E-state index in [1.54, 1.807) is 13.2 Å². The van der Waals surface area contributed by atoms with Crippen molar-refractivity contribution in [3.05, 3.63) is 0 Å². The van der Waals surface area contributed by atoms with Crippen molar-refractivity contribution in [1.29, 1.82) is 0 Å². The zero-order valence-corrected chi connectivity index (χ0v) is 6.83. The smallest absolute Gasteiger partial charge is 0.209 e. The van der Waals surface area contributed by atoms with Crippen molar-refractivity contribution in [3.63, 3.8) is 0 Å². The quantitative estimate of drug-likeness (QED) is 0.422. The van der Waals surface area contributed by atoms with E-state index in [0.717, 1.165) is 13.1 Å². The Kier molecular flexibility index (Phi) is 2.39. The van der Waals surface area contributed by atoms with Gasteiger partial charge in [0, 0.05) is 13.1 Å². The minimum atomic E-state index is -0.564. The Labute approximate surface area is 66.4 Å². The number of ketones is 1. The summed E-state index contributed by atoms with van der Waals surface area (Å²) in [6, 6.07) is -0.0913. The third-order valence-electron chi connectivity index (χ3n) is 2.04. The normalized spacial score (nSPS) is 22.4. The molecule has 0 aromatic rings. The molecule has 1 saturated heterocycles. The molecule has 61 valence electrons. The van der Waals surface area contributed by atoms with Gasteiger partial charge < -0.3 is 0 Å². The van der Waals surface area contributed by atoms with Crippen molar-refractivity contribution in [2.75, 3.05) is 13.1 Å². The van der Waals surface area contributed by atoms with Crippen molar-refractivity contribution >= 4 is 12.1 Å². The highest BCUT2D eigenvalue weighted by molar-refractivity contribution is 5.96. The van der Waals surface area contributed by atoms with Gasteiger partial charge in [-0.05, 0) is 13.8 Å². The fraction of sp³-hybridized carbons (Fsp3) is 0.750. The molecule has 0 bridgehead atoms. The van der Waals surface area contributed by atoms with Gasteiger partial charge in [-0.25, -0.2) is 0 Å². The van der Waals surface area contributed by atoms with Gasteiger partial charge in [0.25, 0.3) is 0 Å². The summed E-state index contributed by atoms with van der Waals surface area (Å²) in [4.78, 5) is 23.4. The summed E-state index contributed by atoms with van der Waals surface area (Å²) >= 11 is 0. The van der Waals surface area contributed by atoms with Crippen molar-refractivity contribution < 1.29 is 9.59 Å². The molecule has 0 aliphatic carbocycles. The van der Waals surface area contributed by atoms with Crippen LogP contribution in [0.3, 0.4) is 0 Å². The van der Waals surface area contributed by atoms with E-state index in [0.29, 0.717) is 0 Å². The van der Waals surface area contributed by atoms with Crippen LogP contribution < -0.4 is 0 Å². The van der Waals surface area contributed by atoms with Gasteiger partial charge in [-0.1, -0.05) is 0 Å². The third kappa shape index (κ3) is 1.87. The topological polar surface area (TPSA) is 37.1 Å². The number of hydrogen-bond donors (Lipinski definition) is 0. The van der Waals surface area contributed by atoms with E-state index in [9.17, 15) is 9.59 Å². The first-order valence-electron chi connectivity index (χ1n) is 3.82. The van der Waals surface area contributed by atoms with Crippen molar-refractivity contribution in [3.8, 4) is 0 Å². The van der Waals surface area contributed by atoms with Gasteiger partial charge in [0.2, 0.25) is 6.29 Å². The highest BCUT2D eigenvalue weighted by atomic mass is 16.1. The first-order chi connectivity index (χ1) is 5.16. The second-order valence-electron chi connectivity index (χ2n) is 2.95. The van der Waals surface area contributed by atoms with Crippen LogP contribution in [-0.4, -0.2) is 36.1 Å². The second-order valence-corrected chi connectivity index (χ2v) is 2.95. The van der Waals surface area contributed by atoms with E-state index in [-0.39, 0.29) is 11.8 Å². The zero-order valence-electron chi connectivity index (χ0n) is 6.83. The first-order valence-corrected chi connectivity index (χ1v) is 3.82. The van der Waals surface area contributed by atoms with E-state index in [2.05, 4.69) is 0 Å². The summed E-state index contributed by atoms with van der Waals surface area (Å²) in [6.07, 6.45) is 1.70. The van der Waals surface area contributed by atoms with Gasteiger partial charge in [0.1, 0.15) is 0 Å². The lowest BCUT2D eigenvalue weighted by molar-refractivity contribution is -0.123.